The van der Waals surface area contributed by atoms with Gasteiger partial charge in [0.05, 0.1) is 18.6 Å². The Bertz CT molecular complexity index is 446. The smallest absolute Gasteiger partial charge is 0.185 e. The molecule has 0 radical (unpaired) electrons. The average Bonchev–Trinajstić information content (AvgIpc) is 2.71. The molecule has 0 unspecified atom stereocenters. The highest BCUT2D eigenvalue weighted by atomic mass is 16.7. The van der Waals surface area contributed by atoms with Gasteiger partial charge in [-0.3, -0.25) is 4.79 Å². The Labute approximate surface area is 108 Å². The second kappa shape index (κ2) is 4.48. The van der Waals surface area contributed by atoms with Crippen molar-refractivity contribution in [1.82, 2.24) is 0 Å². The summed E-state index contributed by atoms with van der Waals surface area (Å²) in [7, 11) is 0. The molecule has 2 rings (SSSR count). The standard InChI is InChI=1S/C15H20O3/c1-11-5-6-13(16)14(2,3)12(11)7-8-15(4)17-9-10-18-15/h5-8H,9-10H2,1-4H3/b8-7+. The van der Waals surface area contributed by atoms with Gasteiger partial charge in [-0.15, -0.1) is 0 Å². The maximum absolute atomic E-state index is 11.9. The molecule has 1 saturated heterocycles. The monoisotopic (exact) mass is 248 g/mol. The third-order valence-corrected chi connectivity index (χ3v) is 3.61. The van der Waals surface area contributed by atoms with E-state index in [0.29, 0.717) is 13.2 Å². The quantitative estimate of drug-likeness (QED) is 0.753. The Morgan fingerprint density at radius 1 is 1.17 bits per heavy atom. The van der Waals surface area contributed by atoms with Crippen LogP contribution in [0.1, 0.15) is 27.7 Å². The molecule has 0 aromatic heterocycles. The van der Waals surface area contributed by atoms with E-state index in [-0.39, 0.29) is 5.78 Å². The van der Waals surface area contributed by atoms with E-state index in [1.54, 1.807) is 6.08 Å². The van der Waals surface area contributed by atoms with Gasteiger partial charge in [0.25, 0.3) is 0 Å². The van der Waals surface area contributed by atoms with E-state index < -0.39 is 11.2 Å². The Hall–Kier alpha value is -1.19. The molecule has 0 saturated carbocycles. The fourth-order valence-corrected chi connectivity index (χ4v) is 2.33. The van der Waals surface area contributed by atoms with Gasteiger partial charge in [0.2, 0.25) is 0 Å². The molecule has 1 aliphatic carbocycles. The first-order valence-corrected chi connectivity index (χ1v) is 6.26. The summed E-state index contributed by atoms with van der Waals surface area (Å²) in [5, 5.41) is 0. The van der Waals surface area contributed by atoms with Crippen molar-refractivity contribution < 1.29 is 14.3 Å². The number of ketones is 1. The summed E-state index contributed by atoms with van der Waals surface area (Å²) in [6.45, 7) is 9.02. The Kier molecular flexibility index (Phi) is 3.30. The van der Waals surface area contributed by atoms with Crippen LogP contribution in [0.5, 0.6) is 0 Å². The number of rotatable bonds is 2. The fourth-order valence-electron chi connectivity index (χ4n) is 2.33. The molecule has 1 aliphatic heterocycles. The zero-order chi connectivity index (χ0) is 13.4. The number of hydrogen-bond donors (Lipinski definition) is 0. The minimum Gasteiger partial charge on any atom is -0.344 e. The predicted molar refractivity (Wildman–Crippen MR) is 70.1 cm³/mol. The van der Waals surface area contributed by atoms with Gasteiger partial charge in [-0.2, -0.15) is 0 Å². The van der Waals surface area contributed by atoms with E-state index >= 15 is 0 Å². The summed E-state index contributed by atoms with van der Waals surface area (Å²) in [6, 6.07) is 0. The van der Waals surface area contributed by atoms with E-state index in [2.05, 4.69) is 0 Å². The van der Waals surface area contributed by atoms with Gasteiger partial charge in [0.1, 0.15) is 0 Å². The van der Waals surface area contributed by atoms with Crippen LogP contribution in [0.2, 0.25) is 0 Å². The van der Waals surface area contributed by atoms with Crippen molar-refractivity contribution in [2.75, 3.05) is 13.2 Å². The molecule has 3 heteroatoms. The van der Waals surface area contributed by atoms with Gasteiger partial charge < -0.3 is 9.47 Å². The number of allylic oxidation sites excluding steroid dienone is 5. The molecule has 1 heterocycles. The molecule has 3 nitrogen and oxygen atoms in total. The highest BCUT2D eigenvalue weighted by Crippen LogP contribution is 2.36. The van der Waals surface area contributed by atoms with E-state index in [1.807, 2.05) is 45.9 Å². The number of carbonyl (C=O) groups excluding carboxylic acids is 1. The molecule has 0 bridgehead atoms. The number of hydrogen-bond acceptors (Lipinski definition) is 3. The second-order valence-electron chi connectivity index (χ2n) is 5.47. The normalized spacial score (nSPS) is 26.3. The van der Waals surface area contributed by atoms with Crippen molar-refractivity contribution in [2.24, 2.45) is 5.41 Å². The summed E-state index contributed by atoms with van der Waals surface area (Å²) in [4.78, 5) is 11.9. The van der Waals surface area contributed by atoms with Crippen LogP contribution in [-0.4, -0.2) is 24.8 Å². The molecule has 0 amide bonds. The summed E-state index contributed by atoms with van der Waals surface area (Å²) >= 11 is 0. The first kappa shape index (κ1) is 13.2. The SMILES string of the molecule is CC1=C(/C=C/C2(C)OCCO2)C(C)(C)C(=O)C=C1. The minimum atomic E-state index is -0.659. The van der Waals surface area contributed by atoms with Crippen LogP contribution in [0.25, 0.3) is 0 Å². The van der Waals surface area contributed by atoms with Gasteiger partial charge in [0, 0.05) is 0 Å². The molecule has 0 atom stereocenters. The van der Waals surface area contributed by atoms with Crippen molar-refractivity contribution in [3.8, 4) is 0 Å². The van der Waals surface area contributed by atoms with Crippen LogP contribution < -0.4 is 0 Å². The topological polar surface area (TPSA) is 35.5 Å². The Balaban J connectivity index is 2.29. The van der Waals surface area contributed by atoms with Gasteiger partial charge in [-0.1, -0.05) is 12.2 Å². The lowest BCUT2D eigenvalue weighted by atomic mass is 9.74. The first-order valence-electron chi connectivity index (χ1n) is 6.26. The predicted octanol–water partition coefficient (Wildman–Crippen LogP) is 2.79. The third kappa shape index (κ3) is 2.33. The van der Waals surface area contributed by atoms with Crippen molar-refractivity contribution in [2.45, 2.75) is 33.5 Å². The van der Waals surface area contributed by atoms with Crippen molar-refractivity contribution in [1.29, 1.82) is 0 Å². The van der Waals surface area contributed by atoms with Crippen molar-refractivity contribution in [3.63, 3.8) is 0 Å². The summed E-state index contributed by atoms with van der Waals surface area (Å²) in [5.74, 6) is -0.528. The molecule has 1 fully saturated rings. The van der Waals surface area contributed by atoms with Crippen LogP contribution in [0.4, 0.5) is 0 Å². The lowest BCUT2D eigenvalue weighted by Gasteiger charge is -2.28. The molecule has 0 N–H and O–H groups in total. The summed E-state index contributed by atoms with van der Waals surface area (Å²) < 4.78 is 11.1. The van der Waals surface area contributed by atoms with Crippen molar-refractivity contribution >= 4 is 5.78 Å². The molecule has 2 aliphatic rings. The highest BCUT2D eigenvalue weighted by Gasteiger charge is 2.34. The summed E-state index contributed by atoms with van der Waals surface area (Å²) in [5.41, 5.74) is 1.65. The van der Waals surface area contributed by atoms with Gasteiger partial charge in [0.15, 0.2) is 11.6 Å². The first-order chi connectivity index (χ1) is 8.35. The molecule has 0 aromatic rings. The molecule has 0 spiro atoms. The Morgan fingerprint density at radius 2 is 1.78 bits per heavy atom. The van der Waals surface area contributed by atoms with E-state index in [9.17, 15) is 4.79 Å². The third-order valence-electron chi connectivity index (χ3n) is 3.61. The van der Waals surface area contributed by atoms with Crippen LogP contribution in [0.3, 0.4) is 0 Å². The van der Waals surface area contributed by atoms with Crippen LogP contribution in [-0.2, 0) is 14.3 Å². The largest absolute Gasteiger partial charge is 0.344 e. The van der Waals surface area contributed by atoms with E-state index in [1.165, 1.54) is 0 Å². The minimum absolute atomic E-state index is 0.131. The van der Waals surface area contributed by atoms with Crippen molar-refractivity contribution in [3.05, 3.63) is 35.5 Å². The molecule has 18 heavy (non-hydrogen) atoms. The van der Waals surface area contributed by atoms with Gasteiger partial charge >= 0.3 is 0 Å². The number of ether oxygens (including phenoxy) is 2. The van der Waals surface area contributed by atoms with Crippen LogP contribution in [0, 0.1) is 5.41 Å². The lowest BCUT2D eigenvalue weighted by Crippen LogP contribution is -2.28. The van der Waals surface area contributed by atoms with Crippen LogP contribution >= 0.6 is 0 Å². The summed E-state index contributed by atoms with van der Waals surface area (Å²) in [6.07, 6.45) is 7.37. The maximum atomic E-state index is 11.9. The van der Waals surface area contributed by atoms with Gasteiger partial charge in [-0.05, 0) is 51.0 Å². The lowest BCUT2D eigenvalue weighted by molar-refractivity contribution is -0.120. The van der Waals surface area contributed by atoms with E-state index in [0.717, 1.165) is 11.1 Å². The zero-order valence-corrected chi connectivity index (χ0v) is 11.4. The van der Waals surface area contributed by atoms with E-state index in [4.69, 9.17) is 9.47 Å². The fraction of sp³-hybridized carbons (Fsp3) is 0.533. The molecule has 98 valence electrons. The Morgan fingerprint density at radius 3 is 2.39 bits per heavy atom. The molecular weight excluding hydrogens is 228 g/mol. The highest BCUT2D eigenvalue weighted by molar-refractivity contribution is 5.99. The number of carbonyl (C=O) groups is 1. The molecular formula is C15H20O3. The van der Waals surface area contributed by atoms with Crippen LogP contribution in [0.15, 0.2) is 35.5 Å². The maximum Gasteiger partial charge on any atom is 0.185 e. The average molecular weight is 248 g/mol. The zero-order valence-electron chi connectivity index (χ0n) is 11.4. The van der Waals surface area contributed by atoms with Gasteiger partial charge in [-0.25, -0.2) is 0 Å². The molecule has 0 aromatic carbocycles. The second-order valence-corrected chi connectivity index (χ2v) is 5.47.